The van der Waals surface area contributed by atoms with Gasteiger partial charge in [-0.3, -0.25) is 0 Å². The number of hydrogen-bond donors (Lipinski definition) is 1. The van der Waals surface area contributed by atoms with Crippen LogP contribution in [0.2, 0.25) is 0 Å². The van der Waals surface area contributed by atoms with E-state index in [4.69, 9.17) is 21.0 Å². The van der Waals surface area contributed by atoms with E-state index >= 15 is 0 Å². The second-order valence-electron chi connectivity index (χ2n) is 5.34. The highest BCUT2D eigenvalue weighted by atomic mass is 16.5. The molecular formula is C19H16N4O. The van der Waals surface area contributed by atoms with Gasteiger partial charge in [0.05, 0.1) is 18.4 Å². The Morgan fingerprint density at radius 1 is 1.12 bits per heavy atom. The third-order valence-electron chi connectivity index (χ3n) is 3.75. The van der Waals surface area contributed by atoms with Crippen molar-refractivity contribution in [1.82, 2.24) is 0 Å². The summed E-state index contributed by atoms with van der Waals surface area (Å²) in [6.07, 6.45) is 5.66. The molecule has 0 saturated heterocycles. The maximum absolute atomic E-state index is 9.46. The van der Waals surface area contributed by atoms with Crippen LogP contribution in [0.25, 0.3) is 6.08 Å². The third kappa shape index (κ3) is 3.83. The van der Waals surface area contributed by atoms with Crippen molar-refractivity contribution in [1.29, 1.82) is 15.8 Å². The Bertz CT molecular complexity index is 819. The molecule has 2 rings (SSSR count). The molecule has 5 nitrogen and oxygen atoms in total. The second-order valence-corrected chi connectivity index (χ2v) is 5.34. The normalized spacial score (nSPS) is 14.1. The molecule has 1 aliphatic carbocycles. The molecule has 118 valence electrons. The Hall–Kier alpha value is -3.49. The second kappa shape index (κ2) is 7.68. The van der Waals surface area contributed by atoms with Gasteiger partial charge < -0.3 is 10.5 Å². The number of nitrogens with zero attached hydrogens (tertiary/aromatic N) is 3. The standard InChI is InChI=1S/C19H16N4O/c1-24-16-7-2-13(3-8-16)4-9-17(14-5-6-14)18(12-22)19(23)15(10-20)11-21/h2-4,7-9,14H,5-6,23H2,1H3. The Kier molecular flexibility index (Phi) is 5.40. The molecule has 0 bridgehead atoms. The van der Waals surface area contributed by atoms with Crippen LogP contribution in [0.5, 0.6) is 5.75 Å². The molecule has 0 spiro atoms. The quantitative estimate of drug-likeness (QED) is 0.663. The van der Waals surface area contributed by atoms with Gasteiger partial charge in [0, 0.05) is 0 Å². The van der Waals surface area contributed by atoms with Crippen molar-refractivity contribution in [2.24, 2.45) is 11.7 Å². The first-order valence-electron chi connectivity index (χ1n) is 7.41. The van der Waals surface area contributed by atoms with E-state index in [0.717, 1.165) is 29.7 Å². The lowest BCUT2D eigenvalue weighted by Gasteiger charge is -2.06. The van der Waals surface area contributed by atoms with E-state index in [-0.39, 0.29) is 22.8 Å². The Labute approximate surface area is 141 Å². The first-order valence-corrected chi connectivity index (χ1v) is 7.41. The van der Waals surface area contributed by atoms with Gasteiger partial charge in [0.15, 0.2) is 5.57 Å². The van der Waals surface area contributed by atoms with E-state index in [2.05, 4.69) is 6.07 Å². The first-order chi connectivity index (χ1) is 11.6. The van der Waals surface area contributed by atoms with E-state index < -0.39 is 0 Å². The molecule has 2 N–H and O–H groups in total. The van der Waals surface area contributed by atoms with Crippen LogP contribution in [-0.4, -0.2) is 7.11 Å². The van der Waals surface area contributed by atoms with E-state index in [1.54, 1.807) is 19.2 Å². The summed E-state index contributed by atoms with van der Waals surface area (Å²) in [5, 5.41) is 27.4. The van der Waals surface area contributed by atoms with Crippen molar-refractivity contribution in [3.8, 4) is 24.0 Å². The Morgan fingerprint density at radius 3 is 2.21 bits per heavy atom. The van der Waals surface area contributed by atoms with Gasteiger partial charge in [-0.05, 0) is 42.0 Å². The molecule has 0 unspecified atom stereocenters. The Morgan fingerprint density at radius 2 is 1.75 bits per heavy atom. The van der Waals surface area contributed by atoms with E-state index in [1.165, 1.54) is 0 Å². The summed E-state index contributed by atoms with van der Waals surface area (Å²) in [4.78, 5) is 0. The molecule has 1 aliphatic rings. The minimum Gasteiger partial charge on any atom is -0.497 e. The average Bonchev–Trinajstić information content (AvgIpc) is 3.45. The van der Waals surface area contributed by atoms with Crippen molar-refractivity contribution in [2.75, 3.05) is 7.11 Å². The maximum atomic E-state index is 9.46. The number of methoxy groups -OCH3 is 1. The van der Waals surface area contributed by atoms with Crippen molar-refractivity contribution in [3.05, 3.63) is 58.3 Å². The number of hydrogen-bond acceptors (Lipinski definition) is 5. The zero-order valence-corrected chi connectivity index (χ0v) is 13.3. The van der Waals surface area contributed by atoms with E-state index in [1.807, 2.05) is 36.4 Å². The molecule has 24 heavy (non-hydrogen) atoms. The summed E-state index contributed by atoms with van der Waals surface area (Å²) in [5.74, 6) is 1.01. The fourth-order valence-electron chi connectivity index (χ4n) is 2.27. The number of allylic oxidation sites excluding steroid dienone is 4. The van der Waals surface area contributed by atoms with Gasteiger partial charge in [-0.25, -0.2) is 0 Å². The number of rotatable bonds is 5. The topological polar surface area (TPSA) is 107 Å². The van der Waals surface area contributed by atoms with E-state index in [0.29, 0.717) is 0 Å². The zero-order chi connectivity index (χ0) is 17.5. The highest BCUT2D eigenvalue weighted by molar-refractivity contribution is 5.61. The molecular weight excluding hydrogens is 300 g/mol. The summed E-state index contributed by atoms with van der Waals surface area (Å²) in [5.41, 5.74) is 7.52. The average molecular weight is 316 g/mol. The van der Waals surface area contributed by atoms with Crippen LogP contribution in [0, 0.1) is 39.9 Å². The molecule has 0 atom stereocenters. The lowest BCUT2D eigenvalue weighted by molar-refractivity contribution is 0.415. The lowest BCUT2D eigenvalue weighted by Crippen LogP contribution is -2.06. The summed E-state index contributed by atoms with van der Waals surface area (Å²) in [6, 6.07) is 13.0. The number of nitriles is 3. The first kappa shape index (κ1) is 16.9. The SMILES string of the molecule is COc1ccc(C=CC(=C(C#N)C(N)=C(C#N)C#N)C2CC2)cc1. The zero-order valence-electron chi connectivity index (χ0n) is 13.3. The van der Waals surface area contributed by atoms with Crippen LogP contribution < -0.4 is 10.5 Å². The molecule has 0 heterocycles. The van der Waals surface area contributed by atoms with E-state index in [9.17, 15) is 5.26 Å². The van der Waals surface area contributed by atoms with Gasteiger partial charge in [-0.15, -0.1) is 0 Å². The van der Waals surface area contributed by atoms with Crippen LogP contribution in [0.1, 0.15) is 18.4 Å². The molecule has 0 radical (unpaired) electrons. The number of ether oxygens (including phenoxy) is 1. The van der Waals surface area contributed by atoms with Gasteiger partial charge in [0.1, 0.15) is 24.0 Å². The van der Waals surface area contributed by atoms with Gasteiger partial charge in [0.25, 0.3) is 0 Å². The molecule has 1 aromatic rings. The fourth-order valence-corrected chi connectivity index (χ4v) is 2.27. The van der Waals surface area contributed by atoms with Crippen molar-refractivity contribution in [3.63, 3.8) is 0 Å². The predicted octanol–water partition coefficient (Wildman–Crippen LogP) is 3.20. The van der Waals surface area contributed by atoms with Crippen LogP contribution >= 0.6 is 0 Å². The van der Waals surface area contributed by atoms with Crippen LogP contribution in [0.15, 0.2) is 52.8 Å². The summed E-state index contributed by atoms with van der Waals surface area (Å²) in [7, 11) is 1.61. The monoisotopic (exact) mass is 316 g/mol. The number of benzene rings is 1. The van der Waals surface area contributed by atoms with Gasteiger partial charge >= 0.3 is 0 Å². The minimum atomic E-state index is -0.234. The highest BCUT2D eigenvalue weighted by Crippen LogP contribution is 2.40. The molecule has 0 aliphatic heterocycles. The van der Waals surface area contributed by atoms with Crippen LogP contribution in [0.4, 0.5) is 0 Å². The summed E-state index contributed by atoms with van der Waals surface area (Å²) < 4.78 is 5.12. The Balaban J connectivity index is 2.43. The molecule has 1 aromatic carbocycles. The highest BCUT2D eigenvalue weighted by Gasteiger charge is 2.28. The largest absolute Gasteiger partial charge is 0.497 e. The summed E-state index contributed by atoms with van der Waals surface area (Å²) in [6.45, 7) is 0. The molecule has 0 aromatic heterocycles. The minimum absolute atomic E-state index is 0.0521. The smallest absolute Gasteiger partial charge is 0.153 e. The molecule has 5 heteroatoms. The van der Waals surface area contributed by atoms with Crippen molar-refractivity contribution >= 4 is 6.08 Å². The van der Waals surface area contributed by atoms with Gasteiger partial charge in [-0.1, -0.05) is 24.3 Å². The van der Waals surface area contributed by atoms with Crippen molar-refractivity contribution in [2.45, 2.75) is 12.8 Å². The van der Waals surface area contributed by atoms with Crippen LogP contribution in [-0.2, 0) is 0 Å². The van der Waals surface area contributed by atoms with Crippen LogP contribution in [0.3, 0.4) is 0 Å². The lowest BCUT2D eigenvalue weighted by atomic mass is 9.98. The fraction of sp³-hybridized carbons (Fsp3) is 0.211. The van der Waals surface area contributed by atoms with Crippen molar-refractivity contribution < 1.29 is 4.74 Å². The number of nitrogens with two attached hydrogens (primary N) is 1. The predicted molar refractivity (Wildman–Crippen MR) is 89.8 cm³/mol. The third-order valence-corrected chi connectivity index (χ3v) is 3.75. The maximum Gasteiger partial charge on any atom is 0.153 e. The molecule has 1 saturated carbocycles. The van der Waals surface area contributed by atoms with Gasteiger partial charge in [-0.2, -0.15) is 15.8 Å². The van der Waals surface area contributed by atoms with Gasteiger partial charge in [0.2, 0.25) is 0 Å². The molecule has 1 fully saturated rings. The summed E-state index contributed by atoms with van der Waals surface area (Å²) >= 11 is 0. The molecule has 0 amide bonds.